The van der Waals surface area contributed by atoms with Crippen molar-refractivity contribution in [3.05, 3.63) is 11.9 Å². The van der Waals surface area contributed by atoms with E-state index in [1.54, 1.807) is 18.7 Å². The van der Waals surface area contributed by atoms with Crippen LogP contribution >= 0.6 is 0 Å². The van der Waals surface area contributed by atoms with Crippen LogP contribution in [0.4, 0.5) is 9.18 Å². The molecular formula is C15H26FNO4. The number of aliphatic hydroxyl groups is 1. The third-order valence-corrected chi connectivity index (χ3v) is 3.18. The van der Waals surface area contributed by atoms with Gasteiger partial charge in [-0.3, -0.25) is 4.90 Å². The third kappa shape index (κ3) is 5.28. The highest BCUT2D eigenvalue weighted by atomic mass is 19.1. The molecule has 0 saturated carbocycles. The van der Waals surface area contributed by atoms with E-state index in [4.69, 9.17) is 14.6 Å². The van der Waals surface area contributed by atoms with Gasteiger partial charge in [0.05, 0.1) is 19.3 Å². The van der Waals surface area contributed by atoms with E-state index < -0.39 is 29.9 Å². The summed E-state index contributed by atoms with van der Waals surface area (Å²) < 4.78 is 24.0. The molecule has 1 N–H and O–H groups in total. The van der Waals surface area contributed by atoms with E-state index >= 15 is 0 Å². The van der Waals surface area contributed by atoms with Crippen molar-refractivity contribution >= 4 is 6.09 Å². The number of allylic oxidation sites excluding steroid dienone is 1. The van der Waals surface area contributed by atoms with Crippen LogP contribution in [0.5, 0.6) is 0 Å². The van der Waals surface area contributed by atoms with Crippen LogP contribution in [-0.2, 0) is 9.47 Å². The fraction of sp³-hybridized carbons (Fsp3) is 0.800. The van der Waals surface area contributed by atoms with Crippen LogP contribution in [0.25, 0.3) is 0 Å². The van der Waals surface area contributed by atoms with Gasteiger partial charge < -0.3 is 14.6 Å². The molecule has 1 atom stereocenters. The number of carbonyl (C=O) groups is 1. The van der Waals surface area contributed by atoms with E-state index in [0.29, 0.717) is 19.4 Å². The molecule has 0 aromatic rings. The van der Waals surface area contributed by atoms with E-state index in [2.05, 4.69) is 0 Å². The van der Waals surface area contributed by atoms with Gasteiger partial charge in [0, 0.05) is 0 Å². The Morgan fingerprint density at radius 1 is 1.52 bits per heavy atom. The van der Waals surface area contributed by atoms with Gasteiger partial charge in [0.1, 0.15) is 17.2 Å². The molecule has 1 rings (SSSR count). The lowest BCUT2D eigenvalue weighted by Gasteiger charge is -2.35. The molecule has 1 unspecified atom stereocenters. The minimum atomic E-state index is -0.744. The van der Waals surface area contributed by atoms with Gasteiger partial charge in [-0.25, -0.2) is 9.18 Å². The molecule has 0 spiro atoms. The number of halogens is 1. The van der Waals surface area contributed by atoms with Crippen LogP contribution in [0.2, 0.25) is 0 Å². The fourth-order valence-corrected chi connectivity index (χ4v) is 2.27. The van der Waals surface area contributed by atoms with Crippen molar-refractivity contribution in [1.29, 1.82) is 0 Å². The largest absolute Gasteiger partial charge is 0.444 e. The quantitative estimate of drug-likeness (QED) is 0.867. The normalized spacial score (nSPS) is 22.5. The van der Waals surface area contributed by atoms with Crippen LogP contribution in [0, 0.1) is 0 Å². The van der Waals surface area contributed by atoms with E-state index in [1.165, 1.54) is 6.08 Å². The highest BCUT2D eigenvalue weighted by Gasteiger charge is 2.45. The molecule has 1 heterocycles. The Morgan fingerprint density at radius 3 is 2.67 bits per heavy atom. The van der Waals surface area contributed by atoms with Gasteiger partial charge in [-0.2, -0.15) is 0 Å². The maximum atomic E-state index is 12.9. The summed E-state index contributed by atoms with van der Waals surface area (Å²) in [5, 5.41) is 8.63. The average Bonchev–Trinajstić information content (AvgIpc) is 2.62. The van der Waals surface area contributed by atoms with Crippen molar-refractivity contribution < 1.29 is 23.8 Å². The maximum Gasteiger partial charge on any atom is 0.412 e. The van der Waals surface area contributed by atoms with E-state index in [1.807, 2.05) is 20.8 Å². The summed E-state index contributed by atoms with van der Waals surface area (Å²) in [5.74, 6) is -0.558. The predicted molar refractivity (Wildman–Crippen MR) is 77.4 cm³/mol. The Bertz CT molecular complexity index is 401. The Morgan fingerprint density at radius 2 is 2.14 bits per heavy atom. The summed E-state index contributed by atoms with van der Waals surface area (Å²) in [6.07, 6.45) is 1.88. The van der Waals surface area contributed by atoms with Gasteiger partial charge in [0.25, 0.3) is 0 Å². The molecule has 21 heavy (non-hydrogen) atoms. The summed E-state index contributed by atoms with van der Waals surface area (Å²) in [6.45, 7) is 8.83. The molecule has 5 nitrogen and oxygen atoms in total. The Hall–Kier alpha value is -1.14. The zero-order chi connectivity index (χ0) is 16.3. The molecule has 0 aromatic heterocycles. The second kappa shape index (κ2) is 6.75. The number of carbonyl (C=O) groups excluding carboxylic acids is 1. The topological polar surface area (TPSA) is 59.0 Å². The summed E-state index contributed by atoms with van der Waals surface area (Å²) in [5.41, 5.74) is -1.32. The maximum absolute atomic E-state index is 12.9. The highest BCUT2D eigenvalue weighted by molar-refractivity contribution is 5.69. The molecule has 0 aliphatic carbocycles. The van der Waals surface area contributed by atoms with Crippen molar-refractivity contribution in [2.75, 3.05) is 13.2 Å². The number of rotatable bonds is 4. The van der Waals surface area contributed by atoms with E-state index in [-0.39, 0.29) is 6.04 Å². The minimum Gasteiger partial charge on any atom is -0.444 e. The molecule has 1 aliphatic heterocycles. The average molecular weight is 303 g/mol. The molecule has 0 radical (unpaired) electrons. The summed E-state index contributed by atoms with van der Waals surface area (Å²) in [4.78, 5) is 13.9. The lowest BCUT2D eigenvalue weighted by atomic mass is 10.1. The lowest BCUT2D eigenvalue weighted by molar-refractivity contribution is -0.0626. The van der Waals surface area contributed by atoms with Crippen LogP contribution in [-0.4, -0.2) is 46.7 Å². The molecule has 0 aromatic carbocycles. The summed E-state index contributed by atoms with van der Waals surface area (Å²) in [6, 6.07) is -0.169. The SMILES string of the molecule is CC(C)(C)OC(=O)N1C(CCC=C(F)CO)COC1(C)C. The molecule has 1 amide bonds. The number of nitrogens with zero attached hydrogens (tertiary/aromatic N) is 1. The molecular weight excluding hydrogens is 277 g/mol. The number of ether oxygens (including phenoxy) is 2. The molecule has 1 aliphatic rings. The Kier molecular flexibility index (Phi) is 5.75. The third-order valence-electron chi connectivity index (χ3n) is 3.18. The van der Waals surface area contributed by atoms with Gasteiger partial charge in [-0.15, -0.1) is 0 Å². The fourth-order valence-electron chi connectivity index (χ4n) is 2.27. The van der Waals surface area contributed by atoms with Gasteiger partial charge in [-0.05, 0) is 47.5 Å². The molecule has 1 saturated heterocycles. The first-order chi connectivity index (χ1) is 9.57. The first kappa shape index (κ1) is 17.9. The van der Waals surface area contributed by atoms with Crippen molar-refractivity contribution in [3.8, 4) is 0 Å². The number of hydrogen-bond donors (Lipinski definition) is 1. The zero-order valence-electron chi connectivity index (χ0n) is 13.5. The standard InChI is InChI=1S/C15H26FNO4/c1-14(2,3)21-13(19)17-12(10-20-15(17,4)5)8-6-7-11(16)9-18/h7,12,18H,6,8-10H2,1-5H3. The molecule has 1 fully saturated rings. The van der Waals surface area contributed by atoms with Crippen molar-refractivity contribution in [3.63, 3.8) is 0 Å². The second-order valence-corrected chi connectivity index (χ2v) is 6.65. The minimum absolute atomic E-state index is 0.169. The molecule has 0 bridgehead atoms. The van der Waals surface area contributed by atoms with Gasteiger partial charge in [-0.1, -0.05) is 6.08 Å². The zero-order valence-corrected chi connectivity index (χ0v) is 13.5. The van der Waals surface area contributed by atoms with E-state index in [9.17, 15) is 9.18 Å². The van der Waals surface area contributed by atoms with Crippen molar-refractivity contribution in [2.24, 2.45) is 0 Å². The monoisotopic (exact) mass is 303 g/mol. The van der Waals surface area contributed by atoms with Crippen LogP contribution in [0.15, 0.2) is 11.9 Å². The predicted octanol–water partition coefficient (Wildman–Crippen LogP) is 2.98. The number of hydrogen-bond acceptors (Lipinski definition) is 4. The number of amides is 1. The Labute approximate surface area is 125 Å². The van der Waals surface area contributed by atoms with E-state index in [0.717, 1.165) is 0 Å². The highest BCUT2D eigenvalue weighted by Crippen LogP contribution is 2.31. The molecule has 122 valence electrons. The van der Waals surface area contributed by atoms with Crippen LogP contribution < -0.4 is 0 Å². The summed E-state index contributed by atoms with van der Waals surface area (Å²) in [7, 11) is 0. The van der Waals surface area contributed by atoms with Crippen LogP contribution in [0.3, 0.4) is 0 Å². The second-order valence-electron chi connectivity index (χ2n) is 6.65. The smallest absolute Gasteiger partial charge is 0.412 e. The van der Waals surface area contributed by atoms with Crippen LogP contribution in [0.1, 0.15) is 47.5 Å². The first-order valence-electron chi connectivity index (χ1n) is 7.18. The number of aliphatic hydroxyl groups excluding tert-OH is 1. The van der Waals surface area contributed by atoms with Gasteiger partial charge in [0.15, 0.2) is 0 Å². The first-order valence-corrected chi connectivity index (χ1v) is 7.18. The summed E-state index contributed by atoms with van der Waals surface area (Å²) >= 11 is 0. The lowest BCUT2D eigenvalue weighted by Crippen LogP contribution is -2.49. The van der Waals surface area contributed by atoms with Crippen molar-refractivity contribution in [2.45, 2.75) is 64.8 Å². The van der Waals surface area contributed by atoms with Gasteiger partial charge in [0.2, 0.25) is 0 Å². The Balaban J connectivity index is 2.73. The molecule has 6 heteroatoms. The van der Waals surface area contributed by atoms with Gasteiger partial charge >= 0.3 is 6.09 Å². The van der Waals surface area contributed by atoms with Crippen molar-refractivity contribution in [1.82, 2.24) is 4.90 Å².